The van der Waals surface area contributed by atoms with E-state index in [2.05, 4.69) is 4.99 Å². The fourth-order valence-electron chi connectivity index (χ4n) is 0.941. The summed E-state index contributed by atoms with van der Waals surface area (Å²) in [7, 11) is 0. The van der Waals surface area contributed by atoms with Crippen molar-refractivity contribution in [3.8, 4) is 0 Å². The van der Waals surface area contributed by atoms with Crippen LogP contribution in [0.25, 0.3) is 0 Å². The first-order valence-corrected chi connectivity index (χ1v) is 4.53. The van der Waals surface area contributed by atoms with Crippen LogP contribution < -0.4 is 5.73 Å². The third-order valence-electron chi connectivity index (χ3n) is 1.83. The van der Waals surface area contributed by atoms with E-state index in [1.165, 1.54) is 0 Å². The Hall–Kier alpha value is -1.06. The Morgan fingerprint density at radius 3 is 2.62 bits per heavy atom. The van der Waals surface area contributed by atoms with Crippen LogP contribution in [0.4, 0.5) is 0 Å². The summed E-state index contributed by atoms with van der Waals surface area (Å²) in [5.74, 6) is -0.382. The molecule has 0 aliphatic carbocycles. The van der Waals surface area contributed by atoms with Crippen LogP contribution in [0.3, 0.4) is 0 Å². The Bertz CT molecular complexity index is 186. The van der Waals surface area contributed by atoms with E-state index >= 15 is 0 Å². The first-order valence-electron chi connectivity index (χ1n) is 4.53. The molecule has 0 aliphatic rings. The van der Waals surface area contributed by atoms with Crippen LogP contribution in [-0.2, 0) is 4.79 Å². The Labute approximate surface area is 78.8 Å². The molecule has 0 heterocycles. The normalized spacial score (nSPS) is 14.2. The van der Waals surface area contributed by atoms with Crippen molar-refractivity contribution in [3.05, 3.63) is 0 Å². The summed E-state index contributed by atoms with van der Waals surface area (Å²) in [5.41, 5.74) is 5.34. The largest absolute Gasteiger partial charge is 0.481 e. The molecule has 0 aromatic rings. The van der Waals surface area contributed by atoms with E-state index in [-0.39, 0.29) is 5.92 Å². The van der Waals surface area contributed by atoms with Gasteiger partial charge >= 0.3 is 5.97 Å². The van der Waals surface area contributed by atoms with Crippen LogP contribution >= 0.6 is 0 Å². The van der Waals surface area contributed by atoms with Gasteiger partial charge in [0.1, 0.15) is 0 Å². The van der Waals surface area contributed by atoms with Gasteiger partial charge in [0.15, 0.2) is 0 Å². The highest BCUT2D eigenvalue weighted by Crippen LogP contribution is 2.07. The number of amidine groups is 1. The van der Waals surface area contributed by atoms with Gasteiger partial charge < -0.3 is 10.8 Å². The quantitative estimate of drug-likeness (QED) is 0.372. The molecule has 0 spiro atoms. The summed E-state index contributed by atoms with van der Waals surface area (Å²) in [4.78, 5) is 14.4. The highest BCUT2D eigenvalue weighted by atomic mass is 16.4. The lowest BCUT2D eigenvalue weighted by Gasteiger charge is -2.03. The fraction of sp³-hybridized carbons (Fsp3) is 0.778. The average Bonchev–Trinajstić information content (AvgIpc) is 2.02. The molecule has 76 valence electrons. The van der Waals surface area contributed by atoms with Crippen LogP contribution in [0.2, 0.25) is 0 Å². The zero-order chi connectivity index (χ0) is 10.3. The molecule has 0 bridgehead atoms. The van der Waals surface area contributed by atoms with Gasteiger partial charge in [0.05, 0.1) is 11.8 Å². The fourth-order valence-corrected chi connectivity index (χ4v) is 0.941. The van der Waals surface area contributed by atoms with Gasteiger partial charge in [-0.15, -0.1) is 0 Å². The third-order valence-corrected chi connectivity index (χ3v) is 1.83. The minimum absolute atomic E-state index is 0.247. The van der Waals surface area contributed by atoms with E-state index in [1.54, 1.807) is 13.8 Å². The van der Waals surface area contributed by atoms with E-state index in [9.17, 15) is 4.79 Å². The molecule has 1 atom stereocenters. The van der Waals surface area contributed by atoms with Crippen LogP contribution in [0.5, 0.6) is 0 Å². The second-order valence-corrected chi connectivity index (χ2v) is 3.26. The molecule has 1 unspecified atom stereocenters. The van der Waals surface area contributed by atoms with Crippen LogP contribution in [-0.4, -0.2) is 23.5 Å². The number of rotatable bonds is 6. The van der Waals surface area contributed by atoms with E-state index in [4.69, 9.17) is 10.8 Å². The maximum absolute atomic E-state index is 10.4. The van der Waals surface area contributed by atoms with Gasteiger partial charge in [-0.2, -0.15) is 0 Å². The first-order chi connectivity index (χ1) is 6.04. The summed E-state index contributed by atoms with van der Waals surface area (Å²) >= 11 is 0. The molecule has 0 fully saturated rings. The van der Waals surface area contributed by atoms with Crippen LogP contribution in [0, 0.1) is 5.92 Å². The molecule has 0 amide bonds. The minimum Gasteiger partial charge on any atom is -0.481 e. The molecule has 3 N–H and O–H groups in total. The Kier molecular flexibility index (Phi) is 5.93. The zero-order valence-electron chi connectivity index (χ0n) is 8.29. The van der Waals surface area contributed by atoms with Gasteiger partial charge in [-0.1, -0.05) is 13.3 Å². The molecule has 0 rings (SSSR count). The predicted octanol–water partition coefficient (Wildman–Crippen LogP) is 1.25. The van der Waals surface area contributed by atoms with Gasteiger partial charge in [0, 0.05) is 6.54 Å². The molecule has 0 saturated heterocycles. The highest BCUT2D eigenvalue weighted by molar-refractivity contribution is 5.77. The van der Waals surface area contributed by atoms with Crippen LogP contribution in [0.15, 0.2) is 4.99 Å². The lowest BCUT2D eigenvalue weighted by molar-refractivity contribution is -0.141. The van der Waals surface area contributed by atoms with E-state index in [0.717, 1.165) is 12.8 Å². The maximum Gasteiger partial charge on any atom is 0.306 e. The number of carboxylic acid groups (broad SMARTS) is 1. The number of carboxylic acids is 1. The number of nitrogens with two attached hydrogens (primary N) is 1. The number of hydrogen-bond acceptors (Lipinski definition) is 2. The van der Waals surface area contributed by atoms with Crippen molar-refractivity contribution >= 4 is 11.8 Å². The molecular weight excluding hydrogens is 168 g/mol. The van der Waals surface area contributed by atoms with Crippen molar-refractivity contribution in [1.82, 2.24) is 0 Å². The summed E-state index contributed by atoms with van der Waals surface area (Å²) in [6.45, 7) is 4.17. The van der Waals surface area contributed by atoms with Crippen molar-refractivity contribution in [2.24, 2.45) is 16.6 Å². The number of aliphatic carboxylic acids is 1. The topological polar surface area (TPSA) is 75.7 Å². The number of nitrogens with zero attached hydrogens (tertiary/aromatic N) is 1. The SMILES string of the molecule is CC(N)=NCCCCC(C)C(=O)O. The summed E-state index contributed by atoms with van der Waals surface area (Å²) in [6, 6.07) is 0. The van der Waals surface area contributed by atoms with Gasteiger partial charge in [-0.05, 0) is 19.8 Å². The van der Waals surface area contributed by atoms with Crippen molar-refractivity contribution < 1.29 is 9.90 Å². The second-order valence-electron chi connectivity index (χ2n) is 3.26. The van der Waals surface area contributed by atoms with Gasteiger partial charge in [-0.25, -0.2) is 0 Å². The Balaban J connectivity index is 3.36. The Morgan fingerprint density at radius 2 is 2.15 bits per heavy atom. The van der Waals surface area contributed by atoms with E-state index in [0.29, 0.717) is 18.8 Å². The molecule has 4 nitrogen and oxygen atoms in total. The van der Waals surface area contributed by atoms with E-state index < -0.39 is 5.97 Å². The average molecular weight is 186 g/mol. The van der Waals surface area contributed by atoms with Crippen LogP contribution in [0.1, 0.15) is 33.1 Å². The van der Waals surface area contributed by atoms with Gasteiger partial charge in [-0.3, -0.25) is 9.79 Å². The standard InChI is InChI=1S/C9H18N2O2/c1-7(9(12)13)5-3-4-6-11-8(2)10/h7H,3-6H2,1-2H3,(H2,10,11)(H,12,13). The zero-order valence-corrected chi connectivity index (χ0v) is 8.29. The lowest BCUT2D eigenvalue weighted by atomic mass is 10.0. The third kappa shape index (κ3) is 7.31. The molecule has 0 aromatic heterocycles. The molecule has 0 aliphatic heterocycles. The Morgan fingerprint density at radius 1 is 1.54 bits per heavy atom. The lowest BCUT2D eigenvalue weighted by Crippen LogP contribution is -2.09. The monoisotopic (exact) mass is 186 g/mol. The minimum atomic E-state index is -0.724. The smallest absolute Gasteiger partial charge is 0.306 e. The van der Waals surface area contributed by atoms with Crippen molar-refractivity contribution in [1.29, 1.82) is 0 Å². The summed E-state index contributed by atoms with van der Waals surface area (Å²) in [5, 5.41) is 8.58. The second kappa shape index (κ2) is 6.46. The van der Waals surface area contributed by atoms with Crippen molar-refractivity contribution in [3.63, 3.8) is 0 Å². The summed E-state index contributed by atoms with van der Waals surface area (Å²) < 4.78 is 0. The first kappa shape index (κ1) is 11.9. The molecule has 0 radical (unpaired) electrons. The predicted molar refractivity (Wildman–Crippen MR) is 52.8 cm³/mol. The molecular formula is C9H18N2O2. The van der Waals surface area contributed by atoms with E-state index in [1.807, 2.05) is 0 Å². The number of unbranched alkanes of at least 4 members (excludes halogenated alkanes) is 1. The maximum atomic E-state index is 10.4. The molecule has 13 heavy (non-hydrogen) atoms. The number of aliphatic imine (C=N–C) groups is 1. The van der Waals surface area contributed by atoms with Gasteiger partial charge in [0.25, 0.3) is 0 Å². The molecule has 0 aromatic carbocycles. The highest BCUT2D eigenvalue weighted by Gasteiger charge is 2.08. The number of hydrogen-bond donors (Lipinski definition) is 2. The molecule has 0 saturated carbocycles. The van der Waals surface area contributed by atoms with Crippen molar-refractivity contribution in [2.75, 3.05) is 6.54 Å². The molecule has 4 heteroatoms. The van der Waals surface area contributed by atoms with Gasteiger partial charge in [0.2, 0.25) is 0 Å². The van der Waals surface area contributed by atoms with Crippen molar-refractivity contribution in [2.45, 2.75) is 33.1 Å². The number of carbonyl (C=O) groups is 1. The summed E-state index contributed by atoms with van der Waals surface area (Å²) in [6.07, 6.45) is 2.52.